The maximum absolute atomic E-state index is 13.3. The van der Waals surface area contributed by atoms with Gasteiger partial charge in [0.1, 0.15) is 11.9 Å². The molecule has 2 heterocycles. The summed E-state index contributed by atoms with van der Waals surface area (Å²) in [6, 6.07) is 6.47. The lowest BCUT2D eigenvalue weighted by molar-refractivity contribution is -0.130. The topological polar surface area (TPSA) is 60.5 Å². The molecule has 1 aliphatic heterocycles. The Bertz CT molecular complexity index is 731. The van der Waals surface area contributed by atoms with Crippen LogP contribution in [0, 0.1) is 5.82 Å². The molecule has 140 valence electrons. The Hall–Kier alpha value is -1.83. The molecule has 2 aromatic rings. The first-order valence-electron chi connectivity index (χ1n) is 8.83. The van der Waals surface area contributed by atoms with Crippen LogP contribution in [0.1, 0.15) is 36.6 Å². The molecule has 1 aliphatic rings. The maximum atomic E-state index is 13.3. The number of anilines is 1. The first-order chi connectivity index (χ1) is 12.6. The number of hydrogen-bond acceptors (Lipinski definition) is 5. The molecule has 26 heavy (non-hydrogen) atoms. The van der Waals surface area contributed by atoms with Gasteiger partial charge in [-0.05, 0) is 43.9 Å². The quantitative estimate of drug-likeness (QED) is 0.796. The Morgan fingerprint density at radius 3 is 3.15 bits per heavy atom. The van der Waals surface area contributed by atoms with E-state index in [2.05, 4.69) is 10.3 Å². The number of aromatic nitrogens is 1. The van der Waals surface area contributed by atoms with E-state index in [1.54, 1.807) is 19.2 Å². The highest BCUT2D eigenvalue weighted by Crippen LogP contribution is 2.22. The summed E-state index contributed by atoms with van der Waals surface area (Å²) in [7, 11) is 0. The van der Waals surface area contributed by atoms with Crippen LogP contribution in [0.5, 0.6) is 0 Å². The largest absolute Gasteiger partial charge is 0.376 e. The normalized spacial score (nSPS) is 18.5. The molecule has 1 fully saturated rings. The van der Waals surface area contributed by atoms with Crippen molar-refractivity contribution in [3.05, 3.63) is 46.7 Å². The number of ether oxygens (including phenoxy) is 2. The number of halogens is 1. The van der Waals surface area contributed by atoms with Crippen LogP contribution in [0.4, 0.5) is 9.52 Å². The smallest absolute Gasteiger partial charge is 0.254 e. The van der Waals surface area contributed by atoms with Crippen LogP contribution >= 0.6 is 11.3 Å². The van der Waals surface area contributed by atoms with Crippen LogP contribution in [-0.2, 0) is 20.7 Å². The van der Waals surface area contributed by atoms with Crippen molar-refractivity contribution in [2.75, 3.05) is 18.5 Å². The fourth-order valence-corrected chi connectivity index (χ4v) is 3.62. The third-order valence-corrected chi connectivity index (χ3v) is 5.14. The van der Waals surface area contributed by atoms with Crippen molar-refractivity contribution in [1.82, 2.24) is 4.98 Å². The van der Waals surface area contributed by atoms with E-state index in [0.29, 0.717) is 18.2 Å². The van der Waals surface area contributed by atoms with Gasteiger partial charge in [-0.3, -0.25) is 10.1 Å². The molecule has 1 aromatic heterocycles. The zero-order chi connectivity index (χ0) is 18.4. The van der Waals surface area contributed by atoms with E-state index in [1.807, 2.05) is 6.07 Å². The van der Waals surface area contributed by atoms with Gasteiger partial charge in [-0.25, -0.2) is 9.37 Å². The van der Waals surface area contributed by atoms with Gasteiger partial charge in [0.25, 0.3) is 5.91 Å². The molecule has 5 nitrogen and oxygen atoms in total. The summed E-state index contributed by atoms with van der Waals surface area (Å²) in [5.41, 5.74) is 0.871. The molecule has 1 saturated heterocycles. The fraction of sp³-hybridized carbons (Fsp3) is 0.474. The number of carbonyl (C=O) groups is 1. The minimum absolute atomic E-state index is 0.0803. The monoisotopic (exact) mass is 378 g/mol. The first kappa shape index (κ1) is 18.9. The average Bonchev–Trinajstić information content (AvgIpc) is 3.07. The number of nitrogens with one attached hydrogen (secondary N) is 1. The highest BCUT2D eigenvalue weighted by atomic mass is 32.1. The van der Waals surface area contributed by atoms with Crippen molar-refractivity contribution in [2.45, 2.75) is 44.8 Å². The summed E-state index contributed by atoms with van der Waals surface area (Å²) in [5.74, 6) is -0.485. The summed E-state index contributed by atoms with van der Waals surface area (Å²) in [4.78, 5) is 17.4. The van der Waals surface area contributed by atoms with Crippen LogP contribution in [-0.4, -0.2) is 36.3 Å². The summed E-state index contributed by atoms with van der Waals surface area (Å²) < 4.78 is 24.5. The Kier molecular flexibility index (Phi) is 6.71. The second kappa shape index (κ2) is 9.21. The molecule has 2 atom stereocenters. The molecular formula is C19H23FN2O3S. The predicted octanol–water partition coefficient (Wildman–Crippen LogP) is 3.79. The molecule has 2 unspecified atom stereocenters. The van der Waals surface area contributed by atoms with E-state index in [0.717, 1.165) is 36.3 Å². The molecule has 1 aromatic carbocycles. The molecule has 0 radical (unpaired) electrons. The van der Waals surface area contributed by atoms with E-state index in [-0.39, 0.29) is 17.8 Å². The molecule has 0 aliphatic carbocycles. The number of nitrogens with zero attached hydrogens (tertiary/aromatic N) is 1. The van der Waals surface area contributed by atoms with E-state index < -0.39 is 6.10 Å². The molecule has 0 saturated carbocycles. The van der Waals surface area contributed by atoms with Gasteiger partial charge in [0, 0.05) is 24.1 Å². The number of amides is 1. The minimum Gasteiger partial charge on any atom is -0.376 e. The Labute approximate surface area is 156 Å². The molecule has 0 bridgehead atoms. The lowest BCUT2D eigenvalue weighted by atomic mass is 10.1. The Balaban J connectivity index is 1.47. The second-order valence-corrected chi connectivity index (χ2v) is 7.51. The van der Waals surface area contributed by atoms with E-state index in [9.17, 15) is 9.18 Å². The SMILES string of the molecule is CC(OCC1CCCCO1)C(=O)Nc1ncc(Cc2cccc(F)c2)s1. The zero-order valence-corrected chi connectivity index (χ0v) is 15.6. The zero-order valence-electron chi connectivity index (χ0n) is 14.7. The van der Waals surface area contributed by atoms with Crippen molar-refractivity contribution in [3.63, 3.8) is 0 Å². The summed E-state index contributed by atoms with van der Waals surface area (Å²) in [6.07, 6.45) is 5.00. The summed E-state index contributed by atoms with van der Waals surface area (Å²) >= 11 is 1.38. The van der Waals surface area contributed by atoms with Crippen molar-refractivity contribution >= 4 is 22.4 Å². The number of benzene rings is 1. The highest BCUT2D eigenvalue weighted by Gasteiger charge is 2.19. The number of thiazole rings is 1. The summed E-state index contributed by atoms with van der Waals surface area (Å²) in [6.45, 7) is 2.92. The third-order valence-electron chi connectivity index (χ3n) is 4.23. The lowest BCUT2D eigenvalue weighted by Gasteiger charge is -2.23. The average molecular weight is 378 g/mol. The Morgan fingerprint density at radius 1 is 1.50 bits per heavy atom. The van der Waals surface area contributed by atoms with Gasteiger partial charge in [0.15, 0.2) is 5.13 Å². The van der Waals surface area contributed by atoms with Crippen LogP contribution in [0.2, 0.25) is 0 Å². The minimum atomic E-state index is -0.573. The lowest BCUT2D eigenvalue weighted by Crippen LogP contribution is -2.32. The standard InChI is InChI=1S/C19H23FN2O3S/c1-13(25-12-16-7-2-3-8-24-16)18(23)22-19-21-11-17(26-19)10-14-5-4-6-15(20)9-14/h4-6,9,11,13,16H,2-3,7-8,10,12H2,1H3,(H,21,22,23). The van der Waals surface area contributed by atoms with Gasteiger partial charge in [0.2, 0.25) is 0 Å². The number of hydrogen-bond donors (Lipinski definition) is 1. The molecule has 1 amide bonds. The molecule has 3 rings (SSSR count). The van der Waals surface area contributed by atoms with Gasteiger partial charge in [0.05, 0.1) is 12.7 Å². The van der Waals surface area contributed by atoms with Crippen LogP contribution in [0.15, 0.2) is 30.5 Å². The van der Waals surface area contributed by atoms with Gasteiger partial charge in [-0.15, -0.1) is 11.3 Å². The van der Waals surface area contributed by atoms with Crippen molar-refractivity contribution in [1.29, 1.82) is 0 Å². The third kappa shape index (κ3) is 5.59. The first-order valence-corrected chi connectivity index (χ1v) is 9.65. The van der Waals surface area contributed by atoms with Crippen molar-refractivity contribution in [3.8, 4) is 0 Å². The van der Waals surface area contributed by atoms with Gasteiger partial charge in [-0.1, -0.05) is 12.1 Å². The van der Waals surface area contributed by atoms with E-state index in [1.165, 1.54) is 23.5 Å². The fourth-order valence-electron chi connectivity index (χ4n) is 2.77. The predicted molar refractivity (Wildman–Crippen MR) is 99.0 cm³/mol. The number of rotatable bonds is 7. The van der Waals surface area contributed by atoms with Gasteiger partial charge >= 0.3 is 0 Å². The van der Waals surface area contributed by atoms with Crippen molar-refractivity contribution < 1.29 is 18.7 Å². The van der Waals surface area contributed by atoms with Crippen LogP contribution in [0.25, 0.3) is 0 Å². The van der Waals surface area contributed by atoms with Crippen LogP contribution < -0.4 is 5.32 Å². The number of carbonyl (C=O) groups excluding carboxylic acids is 1. The summed E-state index contributed by atoms with van der Waals surface area (Å²) in [5, 5.41) is 3.29. The van der Waals surface area contributed by atoms with Crippen molar-refractivity contribution in [2.24, 2.45) is 0 Å². The van der Waals surface area contributed by atoms with E-state index in [4.69, 9.17) is 9.47 Å². The molecule has 7 heteroatoms. The maximum Gasteiger partial charge on any atom is 0.254 e. The van der Waals surface area contributed by atoms with Crippen LogP contribution in [0.3, 0.4) is 0 Å². The second-order valence-electron chi connectivity index (χ2n) is 6.39. The highest BCUT2D eigenvalue weighted by molar-refractivity contribution is 7.15. The molecular weight excluding hydrogens is 355 g/mol. The Morgan fingerprint density at radius 2 is 2.38 bits per heavy atom. The molecule has 0 spiro atoms. The van der Waals surface area contributed by atoms with E-state index >= 15 is 0 Å². The molecule has 1 N–H and O–H groups in total. The van der Waals surface area contributed by atoms with Gasteiger partial charge < -0.3 is 9.47 Å². The van der Waals surface area contributed by atoms with Gasteiger partial charge in [-0.2, -0.15) is 0 Å².